The Hall–Kier alpha value is -0.330. The van der Waals surface area contributed by atoms with Gasteiger partial charge in [-0.25, -0.2) is 8.42 Å². The molecule has 1 aliphatic rings. The molecule has 0 aromatic carbocycles. The molecule has 7 heteroatoms. The fraction of sp³-hybridized carbons (Fsp3) is 0.900. The summed E-state index contributed by atoms with van der Waals surface area (Å²) in [4.78, 5) is 11.6. The molecule has 0 aliphatic heterocycles. The highest BCUT2D eigenvalue weighted by Gasteiger charge is 2.29. The lowest BCUT2D eigenvalue weighted by Crippen LogP contribution is -2.40. The van der Waals surface area contributed by atoms with E-state index in [0.29, 0.717) is 0 Å². The Morgan fingerprint density at radius 2 is 2.06 bits per heavy atom. The van der Waals surface area contributed by atoms with Gasteiger partial charge in [-0.1, -0.05) is 13.3 Å². The number of sulfone groups is 1. The van der Waals surface area contributed by atoms with E-state index in [1.54, 1.807) is 6.92 Å². The van der Waals surface area contributed by atoms with E-state index in [9.17, 15) is 13.2 Å². The summed E-state index contributed by atoms with van der Waals surface area (Å²) in [5.41, 5.74) is 5.78. The fourth-order valence-corrected chi connectivity index (χ4v) is 2.62. The van der Waals surface area contributed by atoms with Crippen LogP contribution in [0.4, 0.5) is 0 Å². The third kappa shape index (κ3) is 5.23. The van der Waals surface area contributed by atoms with E-state index in [-0.39, 0.29) is 48.3 Å². The molecule has 0 heterocycles. The lowest BCUT2D eigenvalue weighted by Gasteiger charge is -2.14. The van der Waals surface area contributed by atoms with Gasteiger partial charge in [-0.15, -0.1) is 12.4 Å². The average molecular weight is 285 g/mol. The van der Waals surface area contributed by atoms with E-state index in [1.165, 1.54) is 0 Å². The molecule has 2 unspecified atom stereocenters. The summed E-state index contributed by atoms with van der Waals surface area (Å²) in [6, 6.07) is -0.0669. The van der Waals surface area contributed by atoms with Crippen LogP contribution in [0.1, 0.15) is 26.2 Å². The maximum absolute atomic E-state index is 11.6. The van der Waals surface area contributed by atoms with Gasteiger partial charge in [0.25, 0.3) is 0 Å². The van der Waals surface area contributed by atoms with Gasteiger partial charge in [-0.05, 0) is 12.8 Å². The molecule has 0 spiro atoms. The molecule has 1 rings (SSSR count). The van der Waals surface area contributed by atoms with Gasteiger partial charge in [0, 0.05) is 18.3 Å². The van der Waals surface area contributed by atoms with E-state index in [2.05, 4.69) is 5.32 Å². The molecule has 0 bridgehead atoms. The number of nitrogens with one attached hydrogen (secondary N) is 1. The predicted octanol–water partition coefficient (Wildman–Crippen LogP) is 0.0865. The van der Waals surface area contributed by atoms with Crippen LogP contribution in [-0.2, 0) is 14.6 Å². The number of halogens is 1. The Kier molecular flexibility index (Phi) is 7.04. The molecule has 1 amide bonds. The monoisotopic (exact) mass is 284 g/mol. The average Bonchev–Trinajstić information content (AvgIpc) is 2.64. The molecular formula is C10H21ClN2O3S. The Bertz CT molecular complexity index is 345. The summed E-state index contributed by atoms with van der Waals surface area (Å²) in [6.45, 7) is 1.79. The van der Waals surface area contributed by atoms with Crippen molar-refractivity contribution >= 4 is 28.2 Å². The van der Waals surface area contributed by atoms with Gasteiger partial charge in [0.1, 0.15) is 0 Å². The van der Waals surface area contributed by atoms with Crippen molar-refractivity contribution in [1.82, 2.24) is 5.32 Å². The first-order chi connectivity index (χ1) is 7.46. The lowest BCUT2D eigenvalue weighted by molar-refractivity contribution is -0.125. The Labute approximate surface area is 109 Å². The molecule has 2 atom stereocenters. The molecule has 1 saturated carbocycles. The molecule has 5 nitrogen and oxygen atoms in total. The molecule has 0 saturated heterocycles. The van der Waals surface area contributed by atoms with Crippen molar-refractivity contribution in [2.24, 2.45) is 11.7 Å². The third-order valence-corrected chi connectivity index (χ3v) is 4.76. The minimum Gasteiger partial charge on any atom is -0.355 e. The molecule has 3 N–H and O–H groups in total. The summed E-state index contributed by atoms with van der Waals surface area (Å²) in [5.74, 6) is -0.108. The van der Waals surface area contributed by atoms with Gasteiger partial charge >= 0.3 is 0 Å². The highest BCUT2D eigenvalue weighted by Crippen LogP contribution is 2.23. The molecule has 0 aromatic rings. The van der Waals surface area contributed by atoms with Gasteiger partial charge in [-0.2, -0.15) is 0 Å². The van der Waals surface area contributed by atoms with Crippen LogP contribution in [0.15, 0.2) is 0 Å². The summed E-state index contributed by atoms with van der Waals surface area (Å²) < 4.78 is 22.4. The Morgan fingerprint density at radius 3 is 2.53 bits per heavy atom. The van der Waals surface area contributed by atoms with E-state index in [4.69, 9.17) is 5.73 Å². The molecule has 102 valence electrons. The van der Waals surface area contributed by atoms with Crippen LogP contribution < -0.4 is 11.1 Å². The second-order valence-corrected chi connectivity index (χ2v) is 6.70. The van der Waals surface area contributed by atoms with Crippen LogP contribution in [0.3, 0.4) is 0 Å². The fourth-order valence-electron chi connectivity index (χ4n) is 1.92. The van der Waals surface area contributed by atoms with Crippen molar-refractivity contribution in [3.8, 4) is 0 Å². The van der Waals surface area contributed by atoms with E-state index < -0.39 is 9.84 Å². The number of amides is 1. The highest BCUT2D eigenvalue weighted by molar-refractivity contribution is 7.91. The van der Waals surface area contributed by atoms with Crippen molar-refractivity contribution in [3.05, 3.63) is 0 Å². The zero-order chi connectivity index (χ0) is 12.2. The normalized spacial score (nSPS) is 24.1. The van der Waals surface area contributed by atoms with Gasteiger partial charge < -0.3 is 11.1 Å². The van der Waals surface area contributed by atoms with Crippen molar-refractivity contribution in [2.75, 3.05) is 18.1 Å². The van der Waals surface area contributed by atoms with Gasteiger partial charge in [0.05, 0.1) is 11.7 Å². The van der Waals surface area contributed by atoms with Crippen molar-refractivity contribution < 1.29 is 13.2 Å². The van der Waals surface area contributed by atoms with E-state index >= 15 is 0 Å². The first-order valence-corrected chi connectivity index (χ1v) is 7.52. The topological polar surface area (TPSA) is 89.3 Å². The standard InChI is InChI=1S/C10H20N2O3S.ClH/c1-2-16(14,15)7-6-12-10(13)8-4-3-5-9(8)11;/h8-9H,2-7,11H2,1H3,(H,12,13);1H. The molecule has 0 radical (unpaired) electrons. The molecule has 1 fully saturated rings. The zero-order valence-corrected chi connectivity index (χ0v) is 11.6. The molecular weight excluding hydrogens is 264 g/mol. The van der Waals surface area contributed by atoms with E-state index in [0.717, 1.165) is 19.3 Å². The Balaban J connectivity index is 0.00000256. The molecule has 17 heavy (non-hydrogen) atoms. The minimum absolute atomic E-state index is 0. The van der Waals surface area contributed by atoms with Crippen LogP contribution in [0, 0.1) is 5.92 Å². The Morgan fingerprint density at radius 1 is 1.41 bits per heavy atom. The summed E-state index contributed by atoms with van der Waals surface area (Å²) in [6.07, 6.45) is 2.67. The van der Waals surface area contributed by atoms with Crippen LogP contribution in [0.2, 0.25) is 0 Å². The van der Waals surface area contributed by atoms with Gasteiger partial charge in [-0.3, -0.25) is 4.79 Å². The minimum atomic E-state index is -3.00. The quantitative estimate of drug-likeness (QED) is 0.749. The number of hydrogen-bond donors (Lipinski definition) is 2. The second-order valence-electron chi connectivity index (χ2n) is 4.23. The van der Waals surface area contributed by atoms with E-state index in [1.807, 2.05) is 0 Å². The first kappa shape index (κ1) is 16.7. The molecule has 0 aromatic heterocycles. The molecule has 1 aliphatic carbocycles. The van der Waals surface area contributed by atoms with Crippen molar-refractivity contribution in [1.29, 1.82) is 0 Å². The maximum Gasteiger partial charge on any atom is 0.224 e. The van der Waals surface area contributed by atoms with Crippen molar-refractivity contribution in [2.45, 2.75) is 32.2 Å². The highest BCUT2D eigenvalue weighted by atomic mass is 35.5. The maximum atomic E-state index is 11.6. The largest absolute Gasteiger partial charge is 0.355 e. The van der Waals surface area contributed by atoms with Crippen LogP contribution in [-0.4, -0.2) is 38.4 Å². The zero-order valence-electron chi connectivity index (χ0n) is 10.0. The third-order valence-electron chi connectivity index (χ3n) is 3.06. The summed E-state index contributed by atoms with van der Waals surface area (Å²) >= 11 is 0. The van der Waals surface area contributed by atoms with Crippen LogP contribution in [0.5, 0.6) is 0 Å². The van der Waals surface area contributed by atoms with Gasteiger partial charge in [0.15, 0.2) is 9.84 Å². The number of carbonyl (C=O) groups is 1. The number of nitrogens with two attached hydrogens (primary N) is 1. The predicted molar refractivity (Wildman–Crippen MR) is 69.9 cm³/mol. The van der Waals surface area contributed by atoms with Crippen LogP contribution >= 0.6 is 12.4 Å². The first-order valence-electron chi connectivity index (χ1n) is 5.70. The number of carbonyl (C=O) groups excluding carboxylic acids is 1. The number of hydrogen-bond acceptors (Lipinski definition) is 4. The number of rotatable bonds is 5. The SMILES string of the molecule is CCS(=O)(=O)CCNC(=O)C1CCCC1N.Cl. The van der Waals surface area contributed by atoms with Crippen LogP contribution in [0.25, 0.3) is 0 Å². The second kappa shape index (κ2) is 7.18. The lowest BCUT2D eigenvalue weighted by atomic mass is 10.0. The summed E-state index contributed by atoms with van der Waals surface area (Å²) in [5, 5.41) is 2.65. The smallest absolute Gasteiger partial charge is 0.224 e. The van der Waals surface area contributed by atoms with Gasteiger partial charge in [0.2, 0.25) is 5.91 Å². The van der Waals surface area contributed by atoms with Crippen molar-refractivity contribution in [3.63, 3.8) is 0 Å². The summed E-state index contributed by atoms with van der Waals surface area (Å²) in [7, 11) is -3.00.